The molecule has 0 saturated carbocycles. The number of aliphatic carboxylic acids is 1. The van der Waals surface area contributed by atoms with Gasteiger partial charge in [-0.1, -0.05) is 0 Å². The van der Waals surface area contributed by atoms with E-state index in [0.717, 1.165) is 12.8 Å². The first-order valence-electron chi connectivity index (χ1n) is 7.42. The summed E-state index contributed by atoms with van der Waals surface area (Å²) >= 11 is 0. The number of hydrogen-bond acceptors (Lipinski definition) is 3. The molecule has 3 amide bonds. The van der Waals surface area contributed by atoms with E-state index in [2.05, 4.69) is 5.32 Å². The minimum Gasteiger partial charge on any atom is -0.481 e. The molecule has 0 radical (unpaired) electrons. The fourth-order valence-corrected chi connectivity index (χ4v) is 2.39. The highest BCUT2D eigenvalue weighted by molar-refractivity contribution is 5.83. The number of amides is 3. The number of nitrogens with zero attached hydrogens (tertiary/aromatic N) is 2. The number of rotatable bonds is 6. The van der Waals surface area contributed by atoms with Crippen LogP contribution in [0, 0.1) is 5.92 Å². The molecule has 1 fully saturated rings. The number of urea groups is 1. The Morgan fingerprint density at radius 3 is 2.71 bits per heavy atom. The highest BCUT2D eigenvalue weighted by Gasteiger charge is 2.24. The molecule has 7 heteroatoms. The van der Waals surface area contributed by atoms with Gasteiger partial charge in [0.25, 0.3) is 0 Å². The van der Waals surface area contributed by atoms with E-state index >= 15 is 0 Å². The molecule has 1 aliphatic rings. The van der Waals surface area contributed by atoms with Crippen molar-refractivity contribution in [3.63, 3.8) is 0 Å². The zero-order valence-electron chi connectivity index (χ0n) is 12.8. The third kappa shape index (κ3) is 6.01. The van der Waals surface area contributed by atoms with Gasteiger partial charge in [0.1, 0.15) is 0 Å². The Morgan fingerprint density at radius 2 is 2.10 bits per heavy atom. The van der Waals surface area contributed by atoms with Crippen LogP contribution in [0.25, 0.3) is 0 Å². The van der Waals surface area contributed by atoms with Gasteiger partial charge in [-0.15, -0.1) is 0 Å². The van der Waals surface area contributed by atoms with E-state index in [9.17, 15) is 14.4 Å². The summed E-state index contributed by atoms with van der Waals surface area (Å²) in [5.74, 6) is -0.690. The fourth-order valence-electron chi connectivity index (χ4n) is 2.39. The molecule has 0 bridgehead atoms. The fraction of sp³-hybridized carbons (Fsp3) is 0.786. The average Bonchev–Trinajstić information content (AvgIpc) is 2.49. The van der Waals surface area contributed by atoms with E-state index in [1.807, 2.05) is 6.92 Å². The van der Waals surface area contributed by atoms with E-state index < -0.39 is 5.97 Å². The second-order valence-electron chi connectivity index (χ2n) is 5.45. The van der Waals surface area contributed by atoms with Crippen molar-refractivity contribution >= 4 is 17.9 Å². The first kappa shape index (κ1) is 17.3. The van der Waals surface area contributed by atoms with Gasteiger partial charge < -0.3 is 20.2 Å². The van der Waals surface area contributed by atoms with Crippen LogP contribution in [0.2, 0.25) is 0 Å². The summed E-state index contributed by atoms with van der Waals surface area (Å²) in [4.78, 5) is 37.5. The summed E-state index contributed by atoms with van der Waals surface area (Å²) in [7, 11) is 1.69. The van der Waals surface area contributed by atoms with Gasteiger partial charge in [0.15, 0.2) is 0 Å². The smallest absolute Gasteiger partial charge is 0.317 e. The lowest BCUT2D eigenvalue weighted by Gasteiger charge is -2.32. The topological polar surface area (TPSA) is 90.0 Å². The molecule has 2 N–H and O–H groups in total. The monoisotopic (exact) mass is 299 g/mol. The molecule has 1 saturated heterocycles. The first-order chi connectivity index (χ1) is 9.93. The van der Waals surface area contributed by atoms with Crippen molar-refractivity contribution in [2.75, 3.05) is 33.2 Å². The van der Waals surface area contributed by atoms with Gasteiger partial charge in [0, 0.05) is 33.1 Å². The molecule has 1 aliphatic heterocycles. The summed E-state index contributed by atoms with van der Waals surface area (Å²) in [6.07, 6.45) is 2.56. The molecule has 1 unspecified atom stereocenters. The maximum atomic E-state index is 12.0. The third-order valence-electron chi connectivity index (χ3n) is 3.86. The number of piperidine rings is 1. The van der Waals surface area contributed by atoms with Crippen molar-refractivity contribution in [2.24, 2.45) is 5.92 Å². The van der Waals surface area contributed by atoms with Gasteiger partial charge in [-0.05, 0) is 32.1 Å². The van der Waals surface area contributed by atoms with Crippen molar-refractivity contribution < 1.29 is 19.5 Å². The number of nitrogens with one attached hydrogen (secondary N) is 1. The highest BCUT2D eigenvalue weighted by Crippen LogP contribution is 2.20. The van der Waals surface area contributed by atoms with E-state index in [1.54, 1.807) is 16.8 Å². The second kappa shape index (κ2) is 8.49. The van der Waals surface area contributed by atoms with Crippen LogP contribution < -0.4 is 5.32 Å². The summed E-state index contributed by atoms with van der Waals surface area (Å²) in [5.41, 5.74) is 0. The Balaban J connectivity index is 2.36. The summed E-state index contributed by atoms with van der Waals surface area (Å²) in [6, 6.07) is -0.243. The highest BCUT2D eigenvalue weighted by atomic mass is 16.4. The molecule has 1 rings (SSSR count). The van der Waals surface area contributed by atoms with E-state index in [1.165, 1.54) is 0 Å². The van der Waals surface area contributed by atoms with Crippen molar-refractivity contribution in [1.82, 2.24) is 15.1 Å². The predicted molar refractivity (Wildman–Crippen MR) is 77.9 cm³/mol. The van der Waals surface area contributed by atoms with Crippen molar-refractivity contribution in [3.8, 4) is 0 Å². The van der Waals surface area contributed by atoms with Crippen LogP contribution in [0.5, 0.6) is 0 Å². The lowest BCUT2D eigenvalue weighted by atomic mass is 9.93. The lowest BCUT2D eigenvalue weighted by Crippen LogP contribution is -2.48. The summed E-state index contributed by atoms with van der Waals surface area (Å²) < 4.78 is 0. The Labute approximate surface area is 125 Å². The molecule has 1 heterocycles. The van der Waals surface area contributed by atoms with Crippen LogP contribution in [0.3, 0.4) is 0 Å². The zero-order chi connectivity index (χ0) is 15.8. The largest absolute Gasteiger partial charge is 0.481 e. The number of carbonyl (C=O) groups is 3. The zero-order valence-corrected chi connectivity index (χ0v) is 12.8. The molecule has 0 aromatic carbocycles. The van der Waals surface area contributed by atoms with Crippen LogP contribution in [0.4, 0.5) is 4.79 Å². The maximum absolute atomic E-state index is 12.0. The lowest BCUT2D eigenvalue weighted by molar-refractivity contribution is -0.137. The SMILES string of the molecule is CCN(C)C(=O)CNC(=O)N1CCCC(CCC(=O)O)C1. The minimum absolute atomic E-state index is 0.000530. The molecule has 21 heavy (non-hydrogen) atoms. The number of carbonyl (C=O) groups excluding carboxylic acids is 2. The predicted octanol–water partition coefficient (Wildman–Crippen LogP) is 0.751. The van der Waals surface area contributed by atoms with E-state index in [0.29, 0.717) is 26.1 Å². The van der Waals surface area contributed by atoms with Crippen molar-refractivity contribution in [3.05, 3.63) is 0 Å². The normalized spacial score (nSPS) is 18.2. The molecule has 0 aliphatic carbocycles. The number of hydrogen-bond donors (Lipinski definition) is 2. The van der Waals surface area contributed by atoms with Crippen molar-refractivity contribution in [2.45, 2.75) is 32.6 Å². The average molecular weight is 299 g/mol. The number of carboxylic acids is 1. The molecule has 0 spiro atoms. The Bertz CT molecular complexity index is 386. The van der Waals surface area contributed by atoms with Crippen LogP contribution in [0.15, 0.2) is 0 Å². The minimum atomic E-state index is -0.801. The molecule has 120 valence electrons. The number of carboxylic acid groups (broad SMARTS) is 1. The molecular weight excluding hydrogens is 274 g/mol. The first-order valence-corrected chi connectivity index (χ1v) is 7.42. The molecule has 0 aromatic rings. The quantitative estimate of drug-likeness (QED) is 0.757. The number of likely N-dealkylation sites (N-methyl/N-ethyl adjacent to an activating group) is 1. The van der Waals surface area contributed by atoms with Crippen molar-refractivity contribution in [1.29, 1.82) is 0 Å². The third-order valence-corrected chi connectivity index (χ3v) is 3.86. The van der Waals surface area contributed by atoms with E-state index in [-0.39, 0.29) is 30.8 Å². The van der Waals surface area contributed by atoms with Gasteiger partial charge in [0.05, 0.1) is 6.54 Å². The molecule has 0 aromatic heterocycles. The Kier molecular flexibility index (Phi) is 6.98. The molecule has 7 nitrogen and oxygen atoms in total. The Morgan fingerprint density at radius 1 is 1.38 bits per heavy atom. The maximum Gasteiger partial charge on any atom is 0.317 e. The Hall–Kier alpha value is -1.79. The standard InChI is InChI=1S/C14H25N3O4/c1-3-16(2)12(18)9-15-14(21)17-8-4-5-11(10-17)6-7-13(19)20/h11H,3-10H2,1-2H3,(H,15,21)(H,19,20). The molecular formula is C14H25N3O4. The van der Waals surface area contributed by atoms with Crippen LogP contribution in [0.1, 0.15) is 32.6 Å². The van der Waals surface area contributed by atoms with Gasteiger partial charge in [-0.3, -0.25) is 9.59 Å². The number of likely N-dealkylation sites (tertiary alicyclic amines) is 1. The van der Waals surface area contributed by atoms with Crippen LogP contribution in [-0.2, 0) is 9.59 Å². The second-order valence-corrected chi connectivity index (χ2v) is 5.45. The van der Waals surface area contributed by atoms with Crippen LogP contribution >= 0.6 is 0 Å². The summed E-state index contributed by atoms with van der Waals surface area (Å²) in [6.45, 7) is 3.71. The van der Waals surface area contributed by atoms with E-state index in [4.69, 9.17) is 5.11 Å². The van der Waals surface area contributed by atoms with Gasteiger partial charge in [-0.2, -0.15) is 0 Å². The van der Waals surface area contributed by atoms with Gasteiger partial charge in [-0.25, -0.2) is 4.79 Å². The van der Waals surface area contributed by atoms with Gasteiger partial charge in [0.2, 0.25) is 5.91 Å². The van der Waals surface area contributed by atoms with Crippen LogP contribution in [-0.4, -0.2) is 66.0 Å². The van der Waals surface area contributed by atoms with Gasteiger partial charge >= 0.3 is 12.0 Å². The molecule has 1 atom stereocenters. The summed E-state index contributed by atoms with van der Waals surface area (Å²) in [5, 5.41) is 11.3.